The average molecular weight is 505 g/mol. The van der Waals surface area contributed by atoms with Crippen molar-refractivity contribution < 1.29 is 22.0 Å². The maximum atomic E-state index is 13.8. The lowest BCUT2D eigenvalue weighted by atomic mass is 9.92. The molecule has 6 rings (SSSR count). The van der Waals surface area contributed by atoms with Crippen molar-refractivity contribution in [2.75, 3.05) is 34.8 Å². The summed E-state index contributed by atoms with van der Waals surface area (Å²) >= 11 is 0. The molecule has 0 amide bonds. The number of piperidine rings is 1. The van der Waals surface area contributed by atoms with Crippen LogP contribution in [0.15, 0.2) is 36.5 Å². The first-order valence-corrected chi connectivity index (χ1v) is 12.0. The highest BCUT2D eigenvalue weighted by atomic mass is 19.4. The summed E-state index contributed by atoms with van der Waals surface area (Å²) in [6, 6.07) is 6.22. The normalized spacial score (nSPS) is 23.6. The summed E-state index contributed by atoms with van der Waals surface area (Å²) in [5.74, 6) is 0.113. The molecule has 3 aromatic rings. The van der Waals surface area contributed by atoms with E-state index in [0.29, 0.717) is 49.5 Å². The molecule has 4 heterocycles. The molecule has 0 spiro atoms. The summed E-state index contributed by atoms with van der Waals surface area (Å²) in [6.07, 6.45) is -0.605. The van der Waals surface area contributed by atoms with Crippen molar-refractivity contribution in [2.24, 2.45) is 11.8 Å². The number of hydrogen-bond donors (Lipinski definition) is 1. The molecule has 0 radical (unpaired) electrons. The molecule has 12 heteroatoms. The number of nitrogens with one attached hydrogen (secondary N) is 1. The van der Waals surface area contributed by atoms with Crippen molar-refractivity contribution in [3.63, 3.8) is 0 Å². The first-order chi connectivity index (χ1) is 17.2. The predicted molar refractivity (Wildman–Crippen MR) is 123 cm³/mol. The van der Waals surface area contributed by atoms with Gasteiger partial charge in [0.05, 0.1) is 0 Å². The maximum Gasteiger partial charge on any atom is 0.433 e. The fraction of sp³-hybridized carbons (Fsp3) is 0.458. The lowest BCUT2D eigenvalue weighted by molar-refractivity contribution is -0.141. The second-order valence-electron chi connectivity index (χ2n) is 9.66. The number of pyridine rings is 1. The zero-order chi connectivity index (χ0) is 25.0. The van der Waals surface area contributed by atoms with Crippen LogP contribution >= 0.6 is 0 Å². The zero-order valence-corrected chi connectivity index (χ0v) is 19.2. The van der Waals surface area contributed by atoms with Crippen molar-refractivity contribution in [3.8, 4) is 0 Å². The van der Waals surface area contributed by atoms with Crippen molar-refractivity contribution in [1.29, 1.82) is 0 Å². The Balaban J connectivity index is 1.19. The predicted octanol–water partition coefficient (Wildman–Crippen LogP) is 4.84. The molecule has 2 bridgehead atoms. The molecule has 3 atom stereocenters. The van der Waals surface area contributed by atoms with Gasteiger partial charge in [0.25, 0.3) is 0 Å². The summed E-state index contributed by atoms with van der Waals surface area (Å²) in [6.45, 7) is 2.46. The van der Waals surface area contributed by atoms with E-state index in [2.05, 4.69) is 20.4 Å². The van der Waals surface area contributed by atoms with E-state index in [1.165, 1.54) is 18.3 Å². The minimum atomic E-state index is -4.48. The highest BCUT2D eigenvalue weighted by molar-refractivity contribution is 5.59. The molecular formula is C24H24F5N7. The van der Waals surface area contributed by atoms with Gasteiger partial charge in [0.2, 0.25) is 11.9 Å². The molecule has 36 heavy (non-hydrogen) atoms. The van der Waals surface area contributed by atoms with E-state index in [0.717, 1.165) is 31.4 Å². The van der Waals surface area contributed by atoms with Gasteiger partial charge in [0.15, 0.2) is 0 Å². The molecule has 1 aromatic carbocycles. The minimum Gasteiger partial charge on any atom is -0.371 e. The number of rotatable bonds is 4. The van der Waals surface area contributed by atoms with Crippen LogP contribution in [0.4, 0.5) is 45.2 Å². The molecule has 2 unspecified atom stereocenters. The maximum absolute atomic E-state index is 13.8. The Morgan fingerprint density at radius 2 is 1.64 bits per heavy atom. The van der Waals surface area contributed by atoms with E-state index < -0.39 is 23.5 Å². The Kier molecular flexibility index (Phi) is 5.49. The summed E-state index contributed by atoms with van der Waals surface area (Å²) in [4.78, 5) is 11.9. The summed E-state index contributed by atoms with van der Waals surface area (Å²) in [5.41, 5.74) is 0.0284. The summed E-state index contributed by atoms with van der Waals surface area (Å²) in [5, 5.41) is 8.06. The van der Waals surface area contributed by atoms with Gasteiger partial charge in [0.1, 0.15) is 17.3 Å². The largest absolute Gasteiger partial charge is 0.433 e. The SMILES string of the molecule is Fc1cc(F)cc(N2CCCn3nc(NC4C5CC[C@H]4CN(c4ccnc(C(F)(F)F)c4)C5)nc32)c1. The van der Waals surface area contributed by atoms with Crippen LogP contribution in [0.5, 0.6) is 0 Å². The lowest BCUT2D eigenvalue weighted by Crippen LogP contribution is -2.48. The Labute approximate surface area is 203 Å². The Bertz CT molecular complexity index is 1240. The highest BCUT2D eigenvalue weighted by Gasteiger charge is 2.43. The van der Waals surface area contributed by atoms with Gasteiger partial charge in [-0.3, -0.25) is 4.98 Å². The number of aromatic nitrogens is 4. The average Bonchev–Trinajstić information content (AvgIpc) is 3.33. The van der Waals surface area contributed by atoms with E-state index in [4.69, 9.17) is 0 Å². The number of fused-ring (bicyclic) bond motifs is 3. The molecule has 2 aromatic heterocycles. The van der Waals surface area contributed by atoms with Crippen LogP contribution in [0.3, 0.4) is 0 Å². The molecule has 190 valence electrons. The zero-order valence-electron chi connectivity index (χ0n) is 19.2. The lowest BCUT2D eigenvalue weighted by Gasteiger charge is -2.39. The van der Waals surface area contributed by atoms with Crippen molar-refractivity contribution >= 4 is 23.3 Å². The van der Waals surface area contributed by atoms with Crippen LogP contribution in [0.25, 0.3) is 0 Å². The van der Waals surface area contributed by atoms with Crippen LogP contribution in [0.1, 0.15) is 25.0 Å². The highest BCUT2D eigenvalue weighted by Crippen LogP contribution is 2.41. The topological polar surface area (TPSA) is 62.1 Å². The molecule has 2 aliphatic heterocycles. The number of alkyl halides is 3. The quantitative estimate of drug-likeness (QED) is 0.513. The summed E-state index contributed by atoms with van der Waals surface area (Å²) in [7, 11) is 0. The smallest absolute Gasteiger partial charge is 0.371 e. The molecule has 1 N–H and O–H groups in total. The number of aryl methyl sites for hydroxylation is 1. The van der Waals surface area contributed by atoms with Gasteiger partial charge >= 0.3 is 6.18 Å². The second-order valence-corrected chi connectivity index (χ2v) is 9.66. The number of hydrogen-bond acceptors (Lipinski definition) is 6. The number of benzene rings is 1. The van der Waals surface area contributed by atoms with Crippen molar-refractivity contribution in [1.82, 2.24) is 19.7 Å². The van der Waals surface area contributed by atoms with Crippen LogP contribution < -0.4 is 15.1 Å². The monoisotopic (exact) mass is 505 g/mol. The minimum absolute atomic E-state index is 0.0923. The van der Waals surface area contributed by atoms with E-state index >= 15 is 0 Å². The van der Waals surface area contributed by atoms with Crippen LogP contribution in [0, 0.1) is 23.5 Å². The van der Waals surface area contributed by atoms with Gasteiger partial charge in [-0.15, -0.1) is 5.10 Å². The molecule has 7 nitrogen and oxygen atoms in total. The Morgan fingerprint density at radius 1 is 0.917 bits per heavy atom. The van der Waals surface area contributed by atoms with Gasteiger partial charge < -0.3 is 15.1 Å². The van der Waals surface area contributed by atoms with Gasteiger partial charge in [0, 0.05) is 55.9 Å². The van der Waals surface area contributed by atoms with Crippen LogP contribution in [-0.4, -0.2) is 45.4 Å². The molecule has 1 saturated carbocycles. The summed E-state index contributed by atoms with van der Waals surface area (Å²) < 4.78 is 68.8. The number of nitrogens with zero attached hydrogens (tertiary/aromatic N) is 6. The van der Waals surface area contributed by atoms with Crippen LogP contribution in [0.2, 0.25) is 0 Å². The van der Waals surface area contributed by atoms with Crippen LogP contribution in [-0.2, 0) is 12.7 Å². The van der Waals surface area contributed by atoms with Gasteiger partial charge in [-0.2, -0.15) is 18.2 Å². The number of halogens is 5. The Hall–Kier alpha value is -3.44. The molecule has 2 fully saturated rings. The second kappa shape index (κ2) is 8.59. The first kappa shape index (κ1) is 23.0. The third-order valence-corrected chi connectivity index (χ3v) is 7.33. The van der Waals surface area contributed by atoms with E-state index in [1.807, 2.05) is 4.90 Å². The van der Waals surface area contributed by atoms with Gasteiger partial charge in [-0.1, -0.05) is 0 Å². The molecule has 3 aliphatic rings. The number of anilines is 4. The van der Waals surface area contributed by atoms with E-state index in [9.17, 15) is 22.0 Å². The van der Waals surface area contributed by atoms with Gasteiger partial charge in [-0.05, 0) is 55.4 Å². The molecule has 1 aliphatic carbocycles. The third-order valence-electron chi connectivity index (χ3n) is 7.33. The van der Waals surface area contributed by atoms with Crippen molar-refractivity contribution in [2.45, 2.75) is 38.0 Å². The van der Waals surface area contributed by atoms with Gasteiger partial charge in [-0.25, -0.2) is 13.5 Å². The van der Waals surface area contributed by atoms with E-state index in [-0.39, 0.29) is 17.9 Å². The third kappa shape index (κ3) is 4.22. The fourth-order valence-corrected chi connectivity index (χ4v) is 5.75. The standard InChI is InChI=1S/C24H24F5N7/c25-16-8-17(26)10-19(9-16)35-6-1-7-36-23(35)32-22(33-36)31-21-14-2-3-15(21)13-34(12-14)18-4-5-30-20(11-18)24(27,28)29/h4-5,8-11,14-15,21H,1-3,6-7,12-13H2,(H,31,33)/t14-,15?,21?/m0/s1. The first-order valence-electron chi connectivity index (χ1n) is 12.0. The van der Waals surface area contributed by atoms with Crippen molar-refractivity contribution in [3.05, 3.63) is 53.9 Å². The fourth-order valence-electron chi connectivity index (χ4n) is 5.75. The molecular weight excluding hydrogens is 481 g/mol. The van der Waals surface area contributed by atoms with E-state index in [1.54, 1.807) is 15.6 Å². The Morgan fingerprint density at radius 3 is 2.33 bits per heavy atom. The molecule has 1 saturated heterocycles.